The third-order valence-corrected chi connectivity index (χ3v) is 2.18. The molecule has 1 atom stereocenters. The van der Waals surface area contributed by atoms with Crippen molar-refractivity contribution in [2.45, 2.75) is 17.9 Å². The van der Waals surface area contributed by atoms with E-state index in [1.807, 2.05) is 6.92 Å². The summed E-state index contributed by atoms with van der Waals surface area (Å²) in [5, 5.41) is 0. The van der Waals surface area contributed by atoms with Gasteiger partial charge in [-0.2, -0.15) is 13.2 Å². The molecule has 1 unspecified atom stereocenters. The van der Waals surface area contributed by atoms with Crippen molar-refractivity contribution in [2.75, 3.05) is 20.1 Å². The Morgan fingerprint density at radius 2 is 1.91 bits per heavy atom. The summed E-state index contributed by atoms with van der Waals surface area (Å²) in [5.74, 6) is 0. The summed E-state index contributed by atoms with van der Waals surface area (Å²) in [4.78, 5) is 0.187. The molecule has 0 aliphatic heterocycles. The molecular weight excluding hydrogens is 223 g/mol. The SMILES string of the molecule is CCN(C)CC(Br)C(F)(F)F. The lowest BCUT2D eigenvalue weighted by Gasteiger charge is -2.20. The van der Waals surface area contributed by atoms with E-state index in [1.54, 1.807) is 11.9 Å². The van der Waals surface area contributed by atoms with Crippen molar-refractivity contribution in [2.24, 2.45) is 0 Å². The summed E-state index contributed by atoms with van der Waals surface area (Å²) >= 11 is 2.57. The van der Waals surface area contributed by atoms with E-state index < -0.39 is 11.0 Å². The lowest BCUT2D eigenvalue weighted by atomic mass is 10.4. The van der Waals surface area contributed by atoms with Gasteiger partial charge in [-0.25, -0.2) is 0 Å². The zero-order valence-electron chi connectivity index (χ0n) is 6.45. The first kappa shape index (κ1) is 11.2. The van der Waals surface area contributed by atoms with Crippen LogP contribution in [0.4, 0.5) is 13.2 Å². The van der Waals surface area contributed by atoms with Crippen LogP contribution in [0, 0.1) is 0 Å². The molecule has 0 rings (SSSR count). The highest BCUT2D eigenvalue weighted by Gasteiger charge is 2.37. The molecule has 68 valence electrons. The maximum absolute atomic E-state index is 11.9. The van der Waals surface area contributed by atoms with E-state index >= 15 is 0 Å². The van der Waals surface area contributed by atoms with Gasteiger partial charge in [0.05, 0.1) is 0 Å². The number of alkyl halides is 4. The van der Waals surface area contributed by atoms with Gasteiger partial charge in [0.1, 0.15) is 4.83 Å². The minimum Gasteiger partial charge on any atom is -0.305 e. The third-order valence-electron chi connectivity index (χ3n) is 1.37. The van der Waals surface area contributed by atoms with Crippen LogP contribution >= 0.6 is 15.9 Å². The molecule has 0 aliphatic rings. The van der Waals surface area contributed by atoms with Crippen LogP contribution < -0.4 is 0 Å². The lowest BCUT2D eigenvalue weighted by Crippen LogP contribution is -2.35. The topological polar surface area (TPSA) is 3.24 Å². The van der Waals surface area contributed by atoms with Gasteiger partial charge in [0.2, 0.25) is 0 Å². The molecule has 0 aromatic rings. The Morgan fingerprint density at radius 3 is 2.18 bits per heavy atom. The van der Waals surface area contributed by atoms with E-state index in [4.69, 9.17) is 0 Å². The molecule has 0 heterocycles. The third kappa shape index (κ3) is 4.63. The molecule has 0 N–H and O–H groups in total. The van der Waals surface area contributed by atoms with Gasteiger partial charge in [-0.15, -0.1) is 0 Å². The summed E-state index contributed by atoms with van der Waals surface area (Å²) in [6, 6.07) is 0. The fourth-order valence-electron chi connectivity index (χ4n) is 0.506. The lowest BCUT2D eigenvalue weighted by molar-refractivity contribution is -0.129. The van der Waals surface area contributed by atoms with Crippen molar-refractivity contribution in [1.82, 2.24) is 4.90 Å². The van der Waals surface area contributed by atoms with Crippen molar-refractivity contribution in [3.05, 3.63) is 0 Å². The van der Waals surface area contributed by atoms with Crippen molar-refractivity contribution in [1.29, 1.82) is 0 Å². The zero-order chi connectivity index (χ0) is 9.07. The molecule has 0 saturated heterocycles. The van der Waals surface area contributed by atoms with E-state index in [0.29, 0.717) is 6.54 Å². The summed E-state index contributed by atoms with van der Waals surface area (Å²) < 4.78 is 35.6. The Balaban J connectivity index is 3.77. The van der Waals surface area contributed by atoms with Gasteiger partial charge in [-0.1, -0.05) is 22.9 Å². The first-order chi connectivity index (χ1) is 4.88. The molecule has 5 heteroatoms. The maximum atomic E-state index is 11.9. The Hall–Kier alpha value is 0.230. The number of nitrogens with zero attached hydrogens (tertiary/aromatic N) is 1. The smallest absolute Gasteiger partial charge is 0.305 e. The van der Waals surface area contributed by atoms with Crippen molar-refractivity contribution >= 4 is 15.9 Å². The van der Waals surface area contributed by atoms with Crippen molar-refractivity contribution in [3.63, 3.8) is 0 Å². The zero-order valence-corrected chi connectivity index (χ0v) is 8.04. The maximum Gasteiger partial charge on any atom is 0.402 e. The van der Waals surface area contributed by atoms with Crippen LogP contribution in [0.5, 0.6) is 0 Å². The Kier molecular flexibility index (Phi) is 4.39. The van der Waals surface area contributed by atoms with Gasteiger partial charge < -0.3 is 4.90 Å². The van der Waals surface area contributed by atoms with E-state index in [2.05, 4.69) is 15.9 Å². The Labute approximate surface area is 72.7 Å². The minimum atomic E-state index is -4.14. The largest absolute Gasteiger partial charge is 0.402 e. The molecular formula is C6H11BrF3N. The van der Waals surface area contributed by atoms with Crippen LogP contribution in [0.3, 0.4) is 0 Å². The van der Waals surface area contributed by atoms with E-state index in [1.165, 1.54) is 0 Å². The van der Waals surface area contributed by atoms with Crippen LogP contribution in [-0.4, -0.2) is 36.0 Å². The molecule has 0 aliphatic carbocycles. The van der Waals surface area contributed by atoms with Crippen LogP contribution in [0.2, 0.25) is 0 Å². The quantitative estimate of drug-likeness (QED) is 0.677. The minimum absolute atomic E-state index is 0. The first-order valence-electron chi connectivity index (χ1n) is 3.27. The van der Waals surface area contributed by atoms with Crippen LogP contribution in [0.25, 0.3) is 0 Å². The highest BCUT2D eigenvalue weighted by molar-refractivity contribution is 9.09. The normalized spacial score (nSPS) is 15.5. The molecule has 1 nitrogen and oxygen atoms in total. The monoisotopic (exact) mass is 233 g/mol. The van der Waals surface area contributed by atoms with Gasteiger partial charge >= 0.3 is 6.18 Å². The number of rotatable bonds is 3. The highest BCUT2D eigenvalue weighted by Crippen LogP contribution is 2.26. The molecule has 0 fully saturated rings. The average molecular weight is 234 g/mol. The summed E-state index contributed by atoms with van der Waals surface area (Å²) in [5.41, 5.74) is 0. The van der Waals surface area contributed by atoms with Crippen LogP contribution in [0.1, 0.15) is 6.92 Å². The second-order valence-electron chi connectivity index (χ2n) is 2.36. The average Bonchev–Trinajstić information content (AvgIpc) is 1.85. The Bertz CT molecular complexity index is 115. The number of hydrogen-bond acceptors (Lipinski definition) is 1. The van der Waals surface area contributed by atoms with Crippen LogP contribution in [0.15, 0.2) is 0 Å². The standard InChI is InChI=1S/C6H11BrF3N/c1-3-11(2)4-5(7)6(8,9)10/h5H,3-4H2,1-2H3. The van der Waals surface area contributed by atoms with Gasteiger partial charge in [-0.3, -0.25) is 0 Å². The second-order valence-corrected chi connectivity index (χ2v) is 3.47. The molecule has 0 aromatic heterocycles. The predicted molar refractivity (Wildman–Crippen MR) is 41.9 cm³/mol. The highest BCUT2D eigenvalue weighted by atomic mass is 79.9. The molecule has 0 bridgehead atoms. The predicted octanol–water partition coefficient (Wildman–Crippen LogP) is 2.26. The summed E-state index contributed by atoms with van der Waals surface area (Å²) in [6.45, 7) is 2.44. The van der Waals surface area contributed by atoms with Crippen LogP contribution in [-0.2, 0) is 0 Å². The molecule has 0 aromatic carbocycles. The van der Waals surface area contributed by atoms with Gasteiger partial charge in [0.15, 0.2) is 0 Å². The molecule has 0 amide bonds. The van der Waals surface area contributed by atoms with Gasteiger partial charge in [-0.05, 0) is 13.6 Å². The number of hydrogen-bond donors (Lipinski definition) is 0. The Morgan fingerprint density at radius 1 is 1.45 bits per heavy atom. The number of halogens is 4. The van der Waals surface area contributed by atoms with E-state index in [0.717, 1.165) is 0 Å². The molecule has 11 heavy (non-hydrogen) atoms. The fraction of sp³-hybridized carbons (Fsp3) is 1.00. The first-order valence-corrected chi connectivity index (χ1v) is 4.18. The summed E-state index contributed by atoms with van der Waals surface area (Å²) in [7, 11) is 1.65. The summed E-state index contributed by atoms with van der Waals surface area (Å²) in [6.07, 6.45) is -4.14. The van der Waals surface area contributed by atoms with E-state index in [-0.39, 0.29) is 6.54 Å². The van der Waals surface area contributed by atoms with Crippen molar-refractivity contribution < 1.29 is 13.2 Å². The molecule has 0 saturated carbocycles. The molecule has 0 radical (unpaired) electrons. The van der Waals surface area contributed by atoms with Gasteiger partial charge in [0.25, 0.3) is 0 Å². The molecule has 0 spiro atoms. The van der Waals surface area contributed by atoms with Gasteiger partial charge in [0, 0.05) is 6.54 Å². The second kappa shape index (κ2) is 4.30. The fourth-order valence-corrected chi connectivity index (χ4v) is 1.00. The van der Waals surface area contributed by atoms with Crippen molar-refractivity contribution in [3.8, 4) is 0 Å². The van der Waals surface area contributed by atoms with E-state index in [9.17, 15) is 13.2 Å².